The number of nitrogens with one attached hydrogen (secondary N) is 2. The molecule has 2 aliphatic heterocycles. The van der Waals surface area contributed by atoms with Gasteiger partial charge in [-0.1, -0.05) is 12.1 Å². The lowest BCUT2D eigenvalue weighted by molar-refractivity contribution is 0.0757. The van der Waals surface area contributed by atoms with Crippen LogP contribution in [0.25, 0.3) is 10.1 Å². The Labute approximate surface area is 185 Å². The van der Waals surface area contributed by atoms with Crippen molar-refractivity contribution in [3.8, 4) is 5.75 Å². The maximum Gasteiger partial charge on any atom is 0.267 e. The maximum atomic E-state index is 13.2. The molecule has 1 aliphatic carbocycles. The summed E-state index contributed by atoms with van der Waals surface area (Å²) in [7, 11) is 1.76. The van der Waals surface area contributed by atoms with Gasteiger partial charge in [0.1, 0.15) is 10.6 Å². The van der Waals surface area contributed by atoms with Crippen molar-refractivity contribution >= 4 is 33.0 Å². The Morgan fingerprint density at radius 1 is 1.32 bits per heavy atom. The molecule has 1 aromatic carbocycles. The van der Waals surface area contributed by atoms with Crippen molar-refractivity contribution in [2.45, 2.75) is 31.2 Å². The number of benzene rings is 1. The third kappa shape index (κ3) is 3.02. The first kappa shape index (κ1) is 19.1. The smallest absolute Gasteiger partial charge is 0.267 e. The molecule has 7 heteroatoms. The first-order chi connectivity index (χ1) is 15.2. The highest BCUT2D eigenvalue weighted by Crippen LogP contribution is 2.45. The van der Waals surface area contributed by atoms with Gasteiger partial charge in [0, 0.05) is 36.3 Å². The Balaban J connectivity index is 1.21. The number of anilines is 1. The molecule has 1 amide bonds. The van der Waals surface area contributed by atoms with Gasteiger partial charge in [-0.15, -0.1) is 11.3 Å². The number of nitrogens with zero attached hydrogens (tertiary/aromatic N) is 2. The van der Waals surface area contributed by atoms with Crippen molar-refractivity contribution in [1.82, 2.24) is 15.2 Å². The van der Waals surface area contributed by atoms with Gasteiger partial charge in [-0.3, -0.25) is 9.78 Å². The summed E-state index contributed by atoms with van der Waals surface area (Å²) < 4.78 is 6.70. The van der Waals surface area contributed by atoms with Gasteiger partial charge in [0.05, 0.1) is 24.2 Å². The fourth-order valence-corrected chi connectivity index (χ4v) is 6.86. The Hall–Kier alpha value is -2.64. The van der Waals surface area contributed by atoms with Crippen LogP contribution in [-0.4, -0.2) is 48.7 Å². The lowest BCUT2D eigenvalue weighted by atomic mass is 9.73. The molecule has 1 unspecified atom stereocenters. The molecular weight excluding hydrogens is 408 g/mol. The number of ether oxygens (including phenoxy) is 1. The molecule has 0 radical (unpaired) electrons. The Kier molecular flexibility index (Phi) is 4.61. The highest BCUT2D eigenvalue weighted by atomic mass is 32.1. The summed E-state index contributed by atoms with van der Waals surface area (Å²) >= 11 is 1.54. The van der Waals surface area contributed by atoms with Crippen LogP contribution in [0.1, 0.15) is 39.6 Å². The number of amides is 1. The molecule has 4 heterocycles. The molecule has 3 atom stereocenters. The molecular formula is C24H26N4O2S. The van der Waals surface area contributed by atoms with Crippen LogP contribution >= 0.6 is 11.3 Å². The fraction of sp³-hybridized carbons (Fsp3) is 0.417. The summed E-state index contributed by atoms with van der Waals surface area (Å²) in [5.74, 6) is 2.32. The zero-order valence-corrected chi connectivity index (χ0v) is 18.4. The molecule has 3 aliphatic rings. The van der Waals surface area contributed by atoms with Crippen molar-refractivity contribution in [2.75, 3.05) is 32.2 Å². The van der Waals surface area contributed by atoms with E-state index in [0.29, 0.717) is 24.5 Å². The van der Waals surface area contributed by atoms with E-state index in [4.69, 9.17) is 4.74 Å². The van der Waals surface area contributed by atoms with Gasteiger partial charge in [-0.25, -0.2) is 0 Å². The number of carbonyl (C=O) groups is 1. The monoisotopic (exact) mass is 434 g/mol. The summed E-state index contributed by atoms with van der Waals surface area (Å²) in [6.07, 6.45) is 6.87. The second kappa shape index (κ2) is 7.50. The van der Waals surface area contributed by atoms with Crippen LogP contribution in [0.5, 0.6) is 5.75 Å². The predicted octanol–water partition coefficient (Wildman–Crippen LogP) is 3.84. The van der Waals surface area contributed by atoms with Crippen LogP contribution in [0.3, 0.4) is 0 Å². The van der Waals surface area contributed by atoms with E-state index in [9.17, 15) is 4.79 Å². The summed E-state index contributed by atoms with van der Waals surface area (Å²) in [5, 5.41) is 8.34. The molecule has 0 saturated carbocycles. The van der Waals surface area contributed by atoms with Gasteiger partial charge >= 0.3 is 0 Å². The van der Waals surface area contributed by atoms with Crippen LogP contribution in [-0.2, 0) is 6.42 Å². The predicted molar refractivity (Wildman–Crippen MR) is 123 cm³/mol. The second-order valence-corrected chi connectivity index (χ2v) is 9.79. The summed E-state index contributed by atoms with van der Waals surface area (Å²) in [6, 6.07) is 8.84. The molecule has 31 heavy (non-hydrogen) atoms. The fourth-order valence-electron chi connectivity index (χ4n) is 5.75. The molecule has 1 fully saturated rings. The van der Waals surface area contributed by atoms with Crippen molar-refractivity contribution in [3.05, 3.63) is 52.7 Å². The molecule has 2 aromatic heterocycles. The third-order valence-corrected chi connectivity index (χ3v) is 8.36. The topological polar surface area (TPSA) is 66.5 Å². The zero-order chi connectivity index (χ0) is 20.9. The Bertz CT molecular complexity index is 1160. The SMILES string of the molecule is COc1cccc2c1CC[C@H]1CNC(CCN3CNc4c(sc5cnccc45)C3=O)[C@@H]21. The van der Waals surface area contributed by atoms with E-state index < -0.39 is 0 Å². The average Bonchev–Trinajstić information content (AvgIpc) is 3.40. The van der Waals surface area contributed by atoms with E-state index in [0.717, 1.165) is 52.3 Å². The highest BCUT2D eigenvalue weighted by Gasteiger charge is 2.41. The summed E-state index contributed by atoms with van der Waals surface area (Å²) in [5.41, 5.74) is 3.78. The van der Waals surface area contributed by atoms with Crippen LogP contribution in [0.15, 0.2) is 36.7 Å². The van der Waals surface area contributed by atoms with E-state index in [1.807, 2.05) is 17.2 Å². The number of hydrogen-bond acceptors (Lipinski definition) is 6. The van der Waals surface area contributed by atoms with E-state index in [1.165, 1.54) is 28.9 Å². The third-order valence-electron chi connectivity index (χ3n) is 7.23. The molecule has 1 saturated heterocycles. The standard InChI is InChI=1S/C24H26N4O2S/c1-30-19-4-2-3-16-15(19)6-5-14-11-26-18(21(14)16)8-10-28-13-27-22-17-7-9-25-12-20(17)31-23(22)24(28)29/h2-4,7,9,12,14,18,21,26-27H,5-6,8,10-11,13H2,1H3/t14-,18?,21+/m0/s1. The average molecular weight is 435 g/mol. The molecule has 0 spiro atoms. The van der Waals surface area contributed by atoms with Gasteiger partial charge in [0.25, 0.3) is 5.91 Å². The van der Waals surface area contributed by atoms with Crippen molar-refractivity contribution in [2.24, 2.45) is 5.92 Å². The van der Waals surface area contributed by atoms with Gasteiger partial charge < -0.3 is 20.3 Å². The van der Waals surface area contributed by atoms with Crippen molar-refractivity contribution in [3.63, 3.8) is 0 Å². The lowest BCUT2D eigenvalue weighted by Gasteiger charge is -2.34. The number of methoxy groups -OCH3 is 1. The van der Waals surface area contributed by atoms with Gasteiger partial charge in [-0.05, 0) is 55.0 Å². The lowest BCUT2D eigenvalue weighted by Crippen LogP contribution is -2.42. The number of fused-ring (bicyclic) bond motifs is 6. The normalized spacial score (nSPS) is 24.5. The summed E-state index contributed by atoms with van der Waals surface area (Å²) in [4.78, 5) is 20.2. The first-order valence-electron chi connectivity index (χ1n) is 11.0. The molecule has 3 aromatic rings. The second-order valence-electron chi connectivity index (χ2n) is 8.74. The quantitative estimate of drug-likeness (QED) is 0.653. The van der Waals surface area contributed by atoms with Gasteiger partial charge in [0.2, 0.25) is 0 Å². The number of aromatic nitrogens is 1. The van der Waals surface area contributed by atoms with E-state index >= 15 is 0 Å². The molecule has 2 N–H and O–H groups in total. The summed E-state index contributed by atoms with van der Waals surface area (Å²) in [6.45, 7) is 2.37. The van der Waals surface area contributed by atoms with Crippen LogP contribution < -0.4 is 15.4 Å². The van der Waals surface area contributed by atoms with Crippen molar-refractivity contribution in [1.29, 1.82) is 0 Å². The minimum Gasteiger partial charge on any atom is -0.496 e. The van der Waals surface area contributed by atoms with E-state index in [1.54, 1.807) is 13.3 Å². The van der Waals surface area contributed by atoms with Gasteiger partial charge in [0.15, 0.2) is 0 Å². The molecule has 0 bridgehead atoms. The zero-order valence-electron chi connectivity index (χ0n) is 17.6. The Morgan fingerprint density at radius 2 is 2.26 bits per heavy atom. The maximum absolute atomic E-state index is 13.2. The Morgan fingerprint density at radius 3 is 3.16 bits per heavy atom. The molecule has 6 rings (SSSR count). The van der Waals surface area contributed by atoms with Crippen LogP contribution in [0.4, 0.5) is 5.69 Å². The number of pyridine rings is 1. The van der Waals surface area contributed by atoms with E-state index in [-0.39, 0.29) is 5.91 Å². The number of thiophene rings is 1. The van der Waals surface area contributed by atoms with Crippen molar-refractivity contribution < 1.29 is 9.53 Å². The molecule has 6 nitrogen and oxygen atoms in total. The van der Waals surface area contributed by atoms with Gasteiger partial charge in [-0.2, -0.15) is 0 Å². The minimum absolute atomic E-state index is 0.134. The number of carbonyl (C=O) groups excluding carboxylic acids is 1. The first-order valence-corrected chi connectivity index (χ1v) is 11.8. The minimum atomic E-state index is 0.134. The van der Waals surface area contributed by atoms with E-state index in [2.05, 4.69) is 33.8 Å². The highest BCUT2D eigenvalue weighted by molar-refractivity contribution is 7.21. The van der Waals surface area contributed by atoms with Crippen LogP contribution in [0.2, 0.25) is 0 Å². The number of rotatable bonds is 4. The largest absolute Gasteiger partial charge is 0.496 e. The van der Waals surface area contributed by atoms with Crippen LogP contribution in [0, 0.1) is 5.92 Å². The number of hydrogen-bond donors (Lipinski definition) is 2. The molecule has 160 valence electrons.